The summed E-state index contributed by atoms with van der Waals surface area (Å²) in [5, 5.41) is 0.0103. The highest BCUT2D eigenvalue weighted by atomic mass is 35.5. The van der Waals surface area contributed by atoms with Gasteiger partial charge < -0.3 is 0 Å². The predicted molar refractivity (Wildman–Crippen MR) is 70.1 cm³/mol. The zero-order valence-electron chi connectivity index (χ0n) is 9.34. The van der Waals surface area contributed by atoms with E-state index in [1.165, 1.54) is 12.1 Å². The molecule has 4 heteroatoms. The average molecular weight is 287 g/mol. The van der Waals surface area contributed by atoms with Crippen LogP contribution in [0.15, 0.2) is 42.5 Å². The van der Waals surface area contributed by atoms with Gasteiger partial charge in [0.05, 0.1) is 5.38 Å². The smallest absolute Gasteiger partial charge is 0.130 e. The summed E-state index contributed by atoms with van der Waals surface area (Å²) < 4.78 is 26.3. The summed E-state index contributed by atoms with van der Waals surface area (Å²) in [7, 11) is 0. The third-order valence-corrected chi connectivity index (χ3v) is 3.42. The third kappa shape index (κ3) is 3.01. The number of hydrogen-bond acceptors (Lipinski definition) is 0. The van der Waals surface area contributed by atoms with E-state index >= 15 is 0 Å². The lowest BCUT2D eigenvalue weighted by Gasteiger charge is -2.12. The van der Waals surface area contributed by atoms with Crippen LogP contribution in [0.2, 0.25) is 5.02 Å². The molecule has 0 aliphatic heterocycles. The summed E-state index contributed by atoms with van der Waals surface area (Å²) in [5.74, 6) is -1.25. The Balaban J connectivity index is 2.22. The van der Waals surface area contributed by atoms with E-state index in [2.05, 4.69) is 0 Å². The predicted octanol–water partition coefficient (Wildman–Crippen LogP) is 5.14. The lowest BCUT2D eigenvalue weighted by atomic mass is 10.0. The van der Waals surface area contributed by atoms with E-state index in [-0.39, 0.29) is 5.56 Å². The molecule has 0 spiro atoms. The van der Waals surface area contributed by atoms with Gasteiger partial charge in [-0.1, -0.05) is 35.9 Å². The van der Waals surface area contributed by atoms with Crippen molar-refractivity contribution in [3.63, 3.8) is 0 Å². The van der Waals surface area contributed by atoms with E-state index in [0.29, 0.717) is 11.4 Å². The Morgan fingerprint density at radius 1 is 1.06 bits per heavy atom. The molecule has 0 radical (unpaired) electrons. The minimum absolute atomic E-state index is 0.276. The first-order chi connectivity index (χ1) is 8.58. The molecule has 2 aromatic carbocycles. The van der Waals surface area contributed by atoms with Crippen LogP contribution in [0.3, 0.4) is 0 Å². The largest absolute Gasteiger partial charge is 0.207 e. The minimum Gasteiger partial charge on any atom is -0.207 e. The molecular formula is C14H10Cl2F2. The summed E-state index contributed by atoms with van der Waals surface area (Å²) in [4.78, 5) is 0. The van der Waals surface area contributed by atoms with Gasteiger partial charge in [0.25, 0.3) is 0 Å². The second-order valence-electron chi connectivity index (χ2n) is 3.93. The zero-order chi connectivity index (χ0) is 13.1. The molecule has 0 bridgehead atoms. The van der Waals surface area contributed by atoms with Gasteiger partial charge in [-0.25, -0.2) is 8.78 Å². The van der Waals surface area contributed by atoms with Crippen LogP contribution in [-0.2, 0) is 6.42 Å². The van der Waals surface area contributed by atoms with E-state index in [0.717, 1.165) is 11.6 Å². The van der Waals surface area contributed by atoms with Crippen LogP contribution in [0.4, 0.5) is 8.78 Å². The van der Waals surface area contributed by atoms with Gasteiger partial charge in [-0.2, -0.15) is 0 Å². The fraction of sp³-hybridized carbons (Fsp3) is 0.143. The summed E-state index contributed by atoms with van der Waals surface area (Å²) in [6, 6.07) is 10.6. The Bertz CT molecular complexity index is 555. The Morgan fingerprint density at radius 3 is 2.44 bits per heavy atom. The van der Waals surface area contributed by atoms with Crippen molar-refractivity contribution in [1.29, 1.82) is 0 Å². The fourth-order valence-corrected chi connectivity index (χ4v) is 2.28. The highest BCUT2D eigenvalue weighted by Crippen LogP contribution is 2.30. The molecule has 0 amide bonds. The van der Waals surface area contributed by atoms with Crippen molar-refractivity contribution < 1.29 is 8.78 Å². The maximum absolute atomic E-state index is 13.5. The number of hydrogen-bond donors (Lipinski definition) is 0. The lowest BCUT2D eigenvalue weighted by Crippen LogP contribution is -2.00. The summed E-state index contributed by atoms with van der Waals surface area (Å²) in [6.07, 6.45) is 0.393. The van der Waals surface area contributed by atoms with E-state index in [1.54, 1.807) is 6.07 Å². The molecule has 0 aliphatic rings. The lowest BCUT2D eigenvalue weighted by molar-refractivity contribution is 0.570. The minimum atomic E-state index is -0.637. The second-order valence-corrected chi connectivity index (χ2v) is 4.86. The summed E-state index contributed by atoms with van der Waals surface area (Å²) >= 11 is 12.2. The Morgan fingerprint density at radius 2 is 1.78 bits per heavy atom. The fourth-order valence-electron chi connectivity index (χ4n) is 1.72. The molecule has 0 aromatic heterocycles. The number of halogens is 4. The van der Waals surface area contributed by atoms with Crippen molar-refractivity contribution in [2.75, 3.05) is 0 Å². The van der Waals surface area contributed by atoms with Crippen LogP contribution in [-0.4, -0.2) is 0 Å². The van der Waals surface area contributed by atoms with Gasteiger partial charge in [-0.3, -0.25) is 0 Å². The van der Waals surface area contributed by atoms with E-state index in [4.69, 9.17) is 23.2 Å². The van der Waals surface area contributed by atoms with Gasteiger partial charge in [0, 0.05) is 16.7 Å². The van der Waals surface area contributed by atoms with Crippen molar-refractivity contribution in [3.05, 3.63) is 70.2 Å². The van der Waals surface area contributed by atoms with Crippen LogP contribution in [0.25, 0.3) is 0 Å². The van der Waals surface area contributed by atoms with Gasteiger partial charge in [0.15, 0.2) is 0 Å². The van der Waals surface area contributed by atoms with Crippen molar-refractivity contribution in [2.45, 2.75) is 11.8 Å². The first-order valence-corrected chi connectivity index (χ1v) is 6.22. The maximum atomic E-state index is 13.5. The monoisotopic (exact) mass is 286 g/mol. The molecule has 2 aromatic rings. The first-order valence-electron chi connectivity index (χ1n) is 5.40. The van der Waals surface area contributed by atoms with Crippen LogP contribution < -0.4 is 0 Å². The van der Waals surface area contributed by atoms with Crippen LogP contribution in [0, 0.1) is 11.6 Å². The van der Waals surface area contributed by atoms with Gasteiger partial charge in [-0.15, -0.1) is 11.6 Å². The molecule has 94 valence electrons. The third-order valence-electron chi connectivity index (χ3n) is 2.66. The first kappa shape index (κ1) is 13.3. The zero-order valence-corrected chi connectivity index (χ0v) is 10.8. The van der Waals surface area contributed by atoms with E-state index in [1.807, 2.05) is 18.2 Å². The van der Waals surface area contributed by atoms with Crippen LogP contribution >= 0.6 is 23.2 Å². The molecule has 2 rings (SSSR count). The molecule has 18 heavy (non-hydrogen) atoms. The Labute approximate surface area is 114 Å². The van der Waals surface area contributed by atoms with Crippen molar-refractivity contribution >= 4 is 23.2 Å². The van der Waals surface area contributed by atoms with Crippen LogP contribution in [0.1, 0.15) is 16.5 Å². The van der Waals surface area contributed by atoms with Gasteiger partial charge >= 0.3 is 0 Å². The molecule has 1 unspecified atom stereocenters. The molecule has 0 saturated carbocycles. The van der Waals surface area contributed by atoms with E-state index < -0.39 is 17.0 Å². The quantitative estimate of drug-likeness (QED) is 0.685. The van der Waals surface area contributed by atoms with Crippen LogP contribution in [0.5, 0.6) is 0 Å². The normalized spacial score (nSPS) is 12.4. The second kappa shape index (κ2) is 5.68. The molecule has 1 atom stereocenters. The van der Waals surface area contributed by atoms with Gasteiger partial charge in [0.1, 0.15) is 11.6 Å². The molecule has 0 saturated heterocycles. The van der Waals surface area contributed by atoms with Gasteiger partial charge in [0.2, 0.25) is 0 Å². The maximum Gasteiger partial charge on any atom is 0.130 e. The standard InChI is InChI=1S/C14H10Cl2F2/c15-12-4-2-1-3-9(12)7-13(16)11-6-5-10(17)8-14(11)18/h1-6,8,13H,7H2. The van der Waals surface area contributed by atoms with E-state index in [9.17, 15) is 8.78 Å². The molecular weight excluding hydrogens is 277 g/mol. The molecule has 0 fully saturated rings. The highest BCUT2D eigenvalue weighted by molar-refractivity contribution is 6.31. The van der Waals surface area contributed by atoms with Gasteiger partial charge in [-0.05, 0) is 24.1 Å². The van der Waals surface area contributed by atoms with Crippen molar-refractivity contribution in [1.82, 2.24) is 0 Å². The molecule has 0 nitrogen and oxygen atoms in total. The average Bonchev–Trinajstić information content (AvgIpc) is 2.32. The highest BCUT2D eigenvalue weighted by Gasteiger charge is 2.15. The SMILES string of the molecule is Fc1ccc(C(Cl)Cc2ccccc2Cl)c(F)c1. The van der Waals surface area contributed by atoms with Crippen molar-refractivity contribution in [3.8, 4) is 0 Å². The Kier molecular flexibility index (Phi) is 4.20. The topological polar surface area (TPSA) is 0 Å². The number of alkyl halides is 1. The number of rotatable bonds is 3. The Hall–Kier alpha value is -1.12. The summed E-state index contributed by atoms with van der Waals surface area (Å²) in [5.41, 5.74) is 1.11. The molecule has 0 heterocycles. The molecule has 0 aliphatic carbocycles. The van der Waals surface area contributed by atoms with Crippen molar-refractivity contribution in [2.24, 2.45) is 0 Å². The summed E-state index contributed by atoms with van der Waals surface area (Å²) in [6.45, 7) is 0. The molecule has 0 N–H and O–H groups in total. The number of benzene rings is 2.